The summed E-state index contributed by atoms with van der Waals surface area (Å²) in [4.78, 5) is 33.1. The van der Waals surface area contributed by atoms with Gasteiger partial charge in [-0.3, -0.25) is 25.2 Å². The number of amides is 2. The molecule has 0 spiro atoms. The van der Waals surface area contributed by atoms with Crippen molar-refractivity contribution in [3.05, 3.63) is 42.5 Å². The van der Waals surface area contributed by atoms with E-state index >= 15 is 0 Å². The van der Waals surface area contributed by atoms with Crippen molar-refractivity contribution in [2.75, 3.05) is 6.61 Å². The van der Waals surface area contributed by atoms with Crippen LogP contribution < -0.4 is 15.6 Å². The number of carboxylic acid groups (broad SMARTS) is 1. The van der Waals surface area contributed by atoms with Crippen molar-refractivity contribution in [1.82, 2.24) is 10.9 Å². The van der Waals surface area contributed by atoms with Crippen LogP contribution in [0.1, 0.15) is 12.8 Å². The molecule has 0 radical (unpaired) electrons. The Morgan fingerprint density at radius 2 is 1.61 bits per heavy atom. The van der Waals surface area contributed by atoms with Crippen LogP contribution in [0.15, 0.2) is 42.5 Å². The Bertz CT molecular complexity index is 729. The zero-order valence-electron chi connectivity index (χ0n) is 12.2. The largest absolute Gasteiger partial charge is 0.484 e. The molecular formula is C16H16N2O5. The van der Waals surface area contributed by atoms with Gasteiger partial charge in [-0.2, -0.15) is 0 Å². The molecule has 120 valence electrons. The minimum absolute atomic E-state index is 0.207. The van der Waals surface area contributed by atoms with E-state index in [2.05, 4.69) is 10.9 Å². The van der Waals surface area contributed by atoms with Crippen molar-refractivity contribution in [3.8, 4) is 5.75 Å². The highest BCUT2D eigenvalue weighted by atomic mass is 16.5. The van der Waals surface area contributed by atoms with Crippen LogP contribution in [0.3, 0.4) is 0 Å². The maximum absolute atomic E-state index is 11.6. The molecule has 0 fully saturated rings. The van der Waals surface area contributed by atoms with Crippen LogP contribution in [0.4, 0.5) is 0 Å². The number of nitrogens with one attached hydrogen (secondary N) is 2. The van der Waals surface area contributed by atoms with Crippen LogP contribution in [-0.4, -0.2) is 29.5 Å². The lowest BCUT2D eigenvalue weighted by molar-refractivity contribution is -0.139. The molecule has 0 saturated carbocycles. The Morgan fingerprint density at radius 3 is 2.35 bits per heavy atom. The Balaban J connectivity index is 1.77. The molecule has 7 nitrogen and oxygen atoms in total. The van der Waals surface area contributed by atoms with Crippen molar-refractivity contribution < 1.29 is 24.2 Å². The van der Waals surface area contributed by atoms with Gasteiger partial charge in [0.1, 0.15) is 5.75 Å². The first kappa shape index (κ1) is 16.3. The summed E-state index contributed by atoms with van der Waals surface area (Å²) in [5, 5.41) is 10.5. The Hall–Kier alpha value is -3.09. The summed E-state index contributed by atoms with van der Waals surface area (Å²) in [6.45, 7) is -0.266. The van der Waals surface area contributed by atoms with E-state index in [4.69, 9.17) is 9.84 Å². The van der Waals surface area contributed by atoms with Gasteiger partial charge in [0.05, 0.1) is 6.42 Å². The third-order valence-corrected chi connectivity index (χ3v) is 3.00. The molecule has 0 aromatic heterocycles. The van der Waals surface area contributed by atoms with E-state index in [0.29, 0.717) is 5.75 Å². The number of hydrogen-bond donors (Lipinski definition) is 3. The summed E-state index contributed by atoms with van der Waals surface area (Å²) in [6, 6.07) is 13.2. The summed E-state index contributed by atoms with van der Waals surface area (Å²) in [5.41, 5.74) is 4.28. The molecule has 0 unspecified atom stereocenters. The van der Waals surface area contributed by atoms with Crippen LogP contribution in [0.2, 0.25) is 0 Å². The number of rotatable bonds is 6. The Morgan fingerprint density at radius 1 is 0.913 bits per heavy atom. The molecule has 0 heterocycles. The smallest absolute Gasteiger partial charge is 0.303 e. The molecule has 0 aliphatic heterocycles. The second-order valence-corrected chi connectivity index (χ2v) is 4.79. The number of aliphatic carboxylic acids is 1. The summed E-state index contributed by atoms with van der Waals surface area (Å²) in [7, 11) is 0. The summed E-state index contributed by atoms with van der Waals surface area (Å²) in [6.07, 6.45) is -0.504. The minimum atomic E-state index is -1.08. The maximum Gasteiger partial charge on any atom is 0.303 e. The van der Waals surface area contributed by atoms with Crippen molar-refractivity contribution in [2.45, 2.75) is 12.8 Å². The van der Waals surface area contributed by atoms with Gasteiger partial charge < -0.3 is 9.84 Å². The van der Waals surface area contributed by atoms with E-state index < -0.39 is 17.8 Å². The van der Waals surface area contributed by atoms with Crippen molar-refractivity contribution >= 4 is 28.6 Å². The van der Waals surface area contributed by atoms with E-state index in [1.54, 1.807) is 6.07 Å². The van der Waals surface area contributed by atoms with E-state index in [-0.39, 0.29) is 19.4 Å². The highest BCUT2D eigenvalue weighted by molar-refractivity contribution is 5.85. The molecule has 0 saturated heterocycles. The molecule has 23 heavy (non-hydrogen) atoms. The van der Waals surface area contributed by atoms with Gasteiger partial charge in [-0.25, -0.2) is 0 Å². The first-order valence-corrected chi connectivity index (χ1v) is 6.95. The van der Waals surface area contributed by atoms with Crippen LogP contribution in [-0.2, 0) is 14.4 Å². The topological polar surface area (TPSA) is 105 Å². The zero-order chi connectivity index (χ0) is 16.7. The molecule has 7 heteroatoms. The lowest BCUT2D eigenvalue weighted by Gasteiger charge is -2.09. The number of carboxylic acids is 1. The summed E-state index contributed by atoms with van der Waals surface area (Å²) >= 11 is 0. The lowest BCUT2D eigenvalue weighted by Crippen LogP contribution is -2.43. The second-order valence-electron chi connectivity index (χ2n) is 4.79. The van der Waals surface area contributed by atoms with E-state index in [1.165, 1.54) is 0 Å². The fourth-order valence-electron chi connectivity index (χ4n) is 1.86. The van der Waals surface area contributed by atoms with Crippen LogP contribution in [0, 0.1) is 0 Å². The van der Waals surface area contributed by atoms with Gasteiger partial charge in [0.25, 0.3) is 5.91 Å². The molecule has 3 N–H and O–H groups in total. The quantitative estimate of drug-likeness (QED) is 0.695. The lowest BCUT2D eigenvalue weighted by atomic mass is 10.1. The highest BCUT2D eigenvalue weighted by Gasteiger charge is 2.07. The van der Waals surface area contributed by atoms with Crippen LogP contribution >= 0.6 is 0 Å². The number of hydrogen-bond acceptors (Lipinski definition) is 4. The third kappa shape index (κ3) is 5.31. The van der Waals surface area contributed by atoms with Gasteiger partial charge in [-0.05, 0) is 22.9 Å². The summed E-state index contributed by atoms with van der Waals surface area (Å²) in [5.74, 6) is -1.66. The van der Waals surface area contributed by atoms with Crippen LogP contribution in [0.25, 0.3) is 10.8 Å². The average Bonchev–Trinajstić information content (AvgIpc) is 2.56. The molecule has 0 aliphatic carbocycles. The minimum Gasteiger partial charge on any atom is -0.484 e. The third-order valence-electron chi connectivity index (χ3n) is 3.00. The van der Waals surface area contributed by atoms with Gasteiger partial charge in [0.15, 0.2) is 6.61 Å². The monoisotopic (exact) mass is 316 g/mol. The van der Waals surface area contributed by atoms with Gasteiger partial charge >= 0.3 is 5.97 Å². The first-order valence-electron chi connectivity index (χ1n) is 6.95. The predicted octanol–water partition coefficient (Wildman–Crippen LogP) is 1.23. The first-order chi connectivity index (χ1) is 11.0. The zero-order valence-corrected chi connectivity index (χ0v) is 12.2. The predicted molar refractivity (Wildman–Crippen MR) is 82.6 cm³/mol. The van der Waals surface area contributed by atoms with E-state index in [1.807, 2.05) is 36.4 Å². The molecule has 2 aromatic carbocycles. The molecule has 2 aromatic rings. The van der Waals surface area contributed by atoms with Gasteiger partial charge in [-0.1, -0.05) is 30.3 Å². The molecule has 0 bridgehead atoms. The van der Waals surface area contributed by atoms with Gasteiger partial charge in [0.2, 0.25) is 5.91 Å². The number of carbonyl (C=O) groups excluding carboxylic acids is 2. The standard InChI is InChI=1S/C16H16N2O5/c19-14(7-8-16(21)22)17-18-15(20)10-23-13-6-5-11-3-1-2-4-12(11)9-13/h1-6,9H,7-8,10H2,(H,17,19)(H,18,20)(H,21,22). The molecule has 0 aliphatic rings. The van der Waals surface area contributed by atoms with E-state index in [9.17, 15) is 14.4 Å². The Kier molecular flexibility index (Phi) is 5.51. The van der Waals surface area contributed by atoms with Gasteiger partial charge in [-0.15, -0.1) is 0 Å². The number of carbonyl (C=O) groups is 3. The van der Waals surface area contributed by atoms with E-state index in [0.717, 1.165) is 10.8 Å². The Labute approximate surface area is 132 Å². The molecular weight excluding hydrogens is 300 g/mol. The second kappa shape index (κ2) is 7.79. The van der Waals surface area contributed by atoms with Crippen LogP contribution in [0.5, 0.6) is 5.75 Å². The maximum atomic E-state index is 11.6. The number of hydrazine groups is 1. The number of fused-ring (bicyclic) bond motifs is 1. The summed E-state index contributed by atoms with van der Waals surface area (Å²) < 4.78 is 5.35. The number of benzene rings is 2. The molecule has 0 atom stereocenters. The fraction of sp³-hybridized carbons (Fsp3) is 0.188. The fourth-order valence-corrected chi connectivity index (χ4v) is 1.86. The number of ether oxygens (including phenoxy) is 1. The van der Waals surface area contributed by atoms with Crippen molar-refractivity contribution in [1.29, 1.82) is 0 Å². The van der Waals surface area contributed by atoms with Gasteiger partial charge in [0, 0.05) is 6.42 Å². The van der Waals surface area contributed by atoms with Crippen molar-refractivity contribution in [3.63, 3.8) is 0 Å². The molecule has 2 amide bonds. The van der Waals surface area contributed by atoms with Crippen molar-refractivity contribution in [2.24, 2.45) is 0 Å². The highest BCUT2D eigenvalue weighted by Crippen LogP contribution is 2.20. The average molecular weight is 316 g/mol. The normalized spacial score (nSPS) is 10.1. The molecule has 2 rings (SSSR count). The SMILES string of the molecule is O=C(O)CCC(=O)NNC(=O)COc1ccc2ccccc2c1.